The lowest BCUT2D eigenvalue weighted by Gasteiger charge is -2.35. The number of oxime groups is 1. The normalized spacial score (nSPS) is 21.5. The summed E-state index contributed by atoms with van der Waals surface area (Å²) >= 11 is 0. The minimum Gasteiger partial charge on any atom is -0.409 e. The molecule has 0 spiro atoms. The Bertz CT molecular complexity index is 271. The molecular weight excluding hydrogens is 218 g/mol. The Morgan fingerprint density at radius 3 is 2.59 bits per heavy atom. The average Bonchev–Trinajstić information content (AvgIpc) is 2.28. The van der Waals surface area contributed by atoms with E-state index in [1.807, 2.05) is 13.8 Å². The molecule has 1 fully saturated rings. The van der Waals surface area contributed by atoms with Crippen LogP contribution in [0.4, 0.5) is 0 Å². The summed E-state index contributed by atoms with van der Waals surface area (Å²) in [6, 6.07) is 0. The van der Waals surface area contributed by atoms with Gasteiger partial charge in [0.05, 0.1) is 0 Å². The van der Waals surface area contributed by atoms with Crippen LogP contribution in [-0.4, -0.2) is 36.3 Å². The van der Waals surface area contributed by atoms with Crippen LogP contribution in [0.5, 0.6) is 0 Å². The molecule has 0 aromatic carbocycles. The van der Waals surface area contributed by atoms with E-state index in [9.17, 15) is 0 Å². The van der Waals surface area contributed by atoms with Crippen LogP contribution < -0.4 is 11.1 Å². The fraction of sp³-hybridized carbons (Fsp3) is 0.917. The summed E-state index contributed by atoms with van der Waals surface area (Å²) in [4.78, 5) is 0. The average molecular weight is 243 g/mol. The van der Waals surface area contributed by atoms with Crippen LogP contribution in [0.2, 0.25) is 0 Å². The number of hydrogen-bond acceptors (Lipinski definition) is 4. The van der Waals surface area contributed by atoms with E-state index in [1.54, 1.807) is 0 Å². The van der Waals surface area contributed by atoms with E-state index < -0.39 is 0 Å². The summed E-state index contributed by atoms with van der Waals surface area (Å²) in [5.41, 5.74) is 5.55. The predicted octanol–water partition coefficient (Wildman–Crippen LogP) is 1.31. The first-order valence-corrected chi connectivity index (χ1v) is 6.20. The fourth-order valence-corrected chi connectivity index (χ4v) is 1.94. The van der Waals surface area contributed by atoms with Crippen molar-refractivity contribution in [1.29, 1.82) is 0 Å². The number of hydrogen-bond donors (Lipinski definition) is 3. The highest BCUT2D eigenvalue weighted by Gasteiger charge is 2.28. The zero-order chi connectivity index (χ0) is 12.9. The van der Waals surface area contributed by atoms with Crippen molar-refractivity contribution in [3.05, 3.63) is 0 Å². The Morgan fingerprint density at radius 2 is 2.06 bits per heavy atom. The minimum absolute atomic E-state index is 0.166. The molecule has 0 amide bonds. The molecule has 1 heterocycles. The molecule has 1 aliphatic rings. The third kappa shape index (κ3) is 4.16. The van der Waals surface area contributed by atoms with E-state index in [4.69, 9.17) is 15.7 Å². The maximum atomic E-state index is 8.70. The second kappa shape index (κ2) is 5.69. The molecule has 5 nitrogen and oxygen atoms in total. The Labute approximate surface area is 103 Å². The van der Waals surface area contributed by atoms with Gasteiger partial charge in [0.2, 0.25) is 0 Å². The molecule has 1 saturated heterocycles. The van der Waals surface area contributed by atoms with Crippen molar-refractivity contribution in [2.45, 2.75) is 45.6 Å². The summed E-state index contributed by atoms with van der Waals surface area (Å²) in [6.45, 7) is 8.71. The molecule has 4 N–H and O–H groups in total. The summed E-state index contributed by atoms with van der Waals surface area (Å²) in [7, 11) is 0. The molecule has 0 aliphatic carbocycles. The van der Waals surface area contributed by atoms with Gasteiger partial charge in [-0.1, -0.05) is 19.0 Å². The van der Waals surface area contributed by atoms with E-state index in [-0.39, 0.29) is 16.8 Å². The van der Waals surface area contributed by atoms with Crippen LogP contribution in [0.3, 0.4) is 0 Å². The topological polar surface area (TPSA) is 79.9 Å². The molecule has 1 aliphatic heterocycles. The van der Waals surface area contributed by atoms with Crippen LogP contribution in [0.15, 0.2) is 5.16 Å². The van der Waals surface area contributed by atoms with Gasteiger partial charge in [0, 0.05) is 24.2 Å². The van der Waals surface area contributed by atoms with Crippen molar-refractivity contribution < 1.29 is 9.94 Å². The standard InChI is InChI=1S/C12H25N3O2/c1-11(2,10(13)15-16)4-7-14-12(3)5-8-17-9-6-12/h14,16H,4-9H2,1-3H3,(H2,13,15). The number of nitrogens with zero attached hydrogens (tertiary/aromatic N) is 1. The highest BCUT2D eigenvalue weighted by atomic mass is 16.5. The van der Waals surface area contributed by atoms with Crippen molar-refractivity contribution in [2.24, 2.45) is 16.3 Å². The van der Waals surface area contributed by atoms with Gasteiger partial charge in [-0.2, -0.15) is 0 Å². The summed E-state index contributed by atoms with van der Waals surface area (Å²) in [6.07, 6.45) is 2.92. The Kier molecular flexibility index (Phi) is 4.77. The third-order valence-corrected chi connectivity index (χ3v) is 3.70. The van der Waals surface area contributed by atoms with Gasteiger partial charge < -0.3 is 21.0 Å². The fourth-order valence-electron chi connectivity index (χ4n) is 1.94. The van der Waals surface area contributed by atoms with E-state index in [1.165, 1.54) is 0 Å². The number of ether oxygens (including phenoxy) is 1. The second-order valence-corrected chi connectivity index (χ2v) is 5.72. The van der Waals surface area contributed by atoms with Crippen LogP contribution in [0.1, 0.15) is 40.0 Å². The smallest absolute Gasteiger partial charge is 0.144 e. The van der Waals surface area contributed by atoms with Crippen molar-refractivity contribution in [3.8, 4) is 0 Å². The molecule has 0 aromatic heterocycles. The van der Waals surface area contributed by atoms with Crippen molar-refractivity contribution in [2.75, 3.05) is 19.8 Å². The Morgan fingerprint density at radius 1 is 1.47 bits per heavy atom. The molecule has 5 heteroatoms. The zero-order valence-corrected chi connectivity index (χ0v) is 11.1. The zero-order valence-electron chi connectivity index (χ0n) is 11.1. The third-order valence-electron chi connectivity index (χ3n) is 3.70. The molecule has 0 radical (unpaired) electrons. The summed E-state index contributed by atoms with van der Waals surface area (Å²) in [5, 5.41) is 15.3. The first-order valence-electron chi connectivity index (χ1n) is 6.20. The maximum absolute atomic E-state index is 8.70. The van der Waals surface area contributed by atoms with Crippen LogP contribution in [0, 0.1) is 5.41 Å². The molecular formula is C12H25N3O2. The lowest BCUT2D eigenvalue weighted by atomic mass is 9.86. The quantitative estimate of drug-likeness (QED) is 0.294. The molecule has 0 aromatic rings. The molecule has 1 rings (SSSR count). The van der Waals surface area contributed by atoms with Gasteiger partial charge in [0.25, 0.3) is 0 Å². The highest BCUT2D eigenvalue weighted by molar-refractivity contribution is 5.85. The summed E-state index contributed by atoms with van der Waals surface area (Å²) in [5.74, 6) is 0.288. The van der Waals surface area contributed by atoms with Crippen LogP contribution >= 0.6 is 0 Å². The minimum atomic E-state index is -0.275. The monoisotopic (exact) mass is 243 g/mol. The first kappa shape index (κ1) is 14.3. The van der Waals surface area contributed by atoms with Gasteiger partial charge in [0.1, 0.15) is 5.84 Å². The Balaban J connectivity index is 2.36. The van der Waals surface area contributed by atoms with Gasteiger partial charge in [-0.05, 0) is 32.7 Å². The molecule has 0 unspecified atom stereocenters. The highest BCUT2D eigenvalue weighted by Crippen LogP contribution is 2.23. The number of nitrogens with one attached hydrogen (secondary N) is 1. The van der Waals surface area contributed by atoms with E-state index >= 15 is 0 Å². The molecule has 0 saturated carbocycles. The molecule has 17 heavy (non-hydrogen) atoms. The van der Waals surface area contributed by atoms with Gasteiger partial charge in [-0.3, -0.25) is 0 Å². The maximum Gasteiger partial charge on any atom is 0.144 e. The van der Waals surface area contributed by atoms with Crippen molar-refractivity contribution >= 4 is 5.84 Å². The number of nitrogens with two attached hydrogens (primary N) is 1. The molecule has 0 atom stereocenters. The van der Waals surface area contributed by atoms with Gasteiger partial charge in [-0.15, -0.1) is 0 Å². The van der Waals surface area contributed by atoms with E-state index in [0.717, 1.165) is 39.0 Å². The van der Waals surface area contributed by atoms with Gasteiger partial charge in [0.15, 0.2) is 0 Å². The summed E-state index contributed by atoms with van der Waals surface area (Å²) < 4.78 is 5.36. The predicted molar refractivity (Wildman–Crippen MR) is 68.3 cm³/mol. The largest absolute Gasteiger partial charge is 0.409 e. The Hall–Kier alpha value is -0.810. The van der Waals surface area contributed by atoms with Crippen molar-refractivity contribution in [1.82, 2.24) is 5.32 Å². The van der Waals surface area contributed by atoms with Crippen LogP contribution in [0.25, 0.3) is 0 Å². The molecule has 0 bridgehead atoms. The lowest BCUT2D eigenvalue weighted by Crippen LogP contribution is -2.48. The SMILES string of the molecule is CC1(NCCC(C)(C)C(N)=NO)CCOCC1. The first-order chi connectivity index (χ1) is 7.90. The van der Waals surface area contributed by atoms with E-state index in [0.29, 0.717) is 0 Å². The van der Waals surface area contributed by atoms with Gasteiger partial charge >= 0.3 is 0 Å². The number of amidine groups is 1. The van der Waals surface area contributed by atoms with Crippen LogP contribution in [-0.2, 0) is 4.74 Å². The number of rotatable bonds is 5. The molecule has 100 valence electrons. The van der Waals surface area contributed by atoms with Crippen molar-refractivity contribution in [3.63, 3.8) is 0 Å². The van der Waals surface area contributed by atoms with Gasteiger partial charge in [-0.25, -0.2) is 0 Å². The second-order valence-electron chi connectivity index (χ2n) is 5.72. The lowest BCUT2D eigenvalue weighted by molar-refractivity contribution is 0.0447. The van der Waals surface area contributed by atoms with E-state index in [2.05, 4.69) is 17.4 Å².